The summed E-state index contributed by atoms with van der Waals surface area (Å²) in [4.78, 5) is 24.0. The predicted octanol–water partition coefficient (Wildman–Crippen LogP) is 2.37. The molecule has 6 heteroatoms. The van der Waals surface area contributed by atoms with E-state index in [1.807, 2.05) is 0 Å². The number of furan rings is 2. The van der Waals surface area contributed by atoms with Crippen molar-refractivity contribution < 1.29 is 23.2 Å². The second-order valence-electron chi connectivity index (χ2n) is 4.84. The first kappa shape index (κ1) is 14.9. The van der Waals surface area contributed by atoms with Crippen molar-refractivity contribution in [3.05, 3.63) is 48.3 Å². The van der Waals surface area contributed by atoms with Crippen LogP contribution in [0.2, 0.25) is 0 Å². The molecule has 0 fully saturated rings. The quantitative estimate of drug-likeness (QED) is 0.826. The number of rotatable bonds is 6. The molecule has 0 aliphatic rings. The minimum atomic E-state index is -0.891. The molecule has 0 aliphatic carbocycles. The molecule has 1 amide bonds. The van der Waals surface area contributed by atoms with Crippen molar-refractivity contribution in [2.45, 2.75) is 26.5 Å². The molecule has 1 atom stereocenters. The lowest BCUT2D eigenvalue weighted by atomic mass is 10.1. The standard InChI is InChI=1S/C15H17NO5/c1-10(2)13(21-15(18)12-6-4-8-20-12)14(17)16-9-11-5-3-7-19-11/h3-8,10,13H,9H2,1-2H3,(H,16,17)/t13-/m0/s1. The Morgan fingerprint density at radius 3 is 2.48 bits per heavy atom. The third-order valence-electron chi connectivity index (χ3n) is 2.84. The second-order valence-corrected chi connectivity index (χ2v) is 4.84. The summed E-state index contributed by atoms with van der Waals surface area (Å²) in [5.74, 6) is -0.503. The van der Waals surface area contributed by atoms with Crippen LogP contribution in [0.15, 0.2) is 45.6 Å². The van der Waals surface area contributed by atoms with Crippen LogP contribution < -0.4 is 5.32 Å². The minimum Gasteiger partial charge on any atom is -0.467 e. The fourth-order valence-electron chi connectivity index (χ4n) is 1.75. The highest BCUT2D eigenvalue weighted by Crippen LogP contribution is 2.12. The summed E-state index contributed by atoms with van der Waals surface area (Å²) in [7, 11) is 0. The molecule has 6 nitrogen and oxygen atoms in total. The number of esters is 1. The van der Waals surface area contributed by atoms with Crippen molar-refractivity contribution in [2.24, 2.45) is 5.92 Å². The van der Waals surface area contributed by atoms with E-state index in [1.165, 1.54) is 18.6 Å². The molecule has 0 spiro atoms. The zero-order chi connectivity index (χ0) is 15.2. The maximum atomic E-state index is 12.1. The van der Waals surface area contributed by atoms with E-state index in [2.05, 4.69) is 5.32 Å². The lowest BCUT2D eigenvalue weighted by Crippen LogP contribution is -2.40. The zero-order valence-electron chi connectivity index (χ0n) is 11.9. The van der Waals surface area contributed by atoms with Gasteiger partial charge in [-0.3, -0.25) is 4.79 Å². The Morgan fingerprint density at radius 1 is 1.19 bits per heavy atom. The molecule has 2 rings (SSSR count). The molecule has 2 heterocycles. The van der Waals surface area contributed by atoms with Gasteiger partial charge in [-0.2, -0.15) is 0 Å². The number of carbonyl (C=O) groups is 2. The summed E-state index contributed by atoms with van der Waals surface area (Å²) in [6, 6.07) is 6.55. The monoisotopic (exact) mass is 291 g/mol. The van der Waals surface area contributed by atoms with Gasteiger partial charge in [0.25, 0.3) is 5.91 Å². The zero-order valence-corrected chi connectivity index (χ0v) is 11.9. The SMILES string of the molecule is CC(C)[C@H](OC(=O)c1ccco1)C(=O)NCc1ccco1. The summed E-state index contributed by atoms with van der Waals surface area (Å²) in [6.07, 6.45) is 2.01. The van der Waals surface area contributed by atoms with Gasteiger partial charge in [0.15, 0.2) is 6.10 Å². The first-order valence-electron chi connectivity index (χ1n) is 6.62. The average molecular weight is 291 g/mol. The van der Waals surface area contributed by atoms with Crippen LogP contribution in [-0.4, -0.2) is 18.0 Å². The van der Waals surface area contributed by atoms with Gasteiger partial charge in [-0.1, -0.05) is 13.8 Å². The Bertz CT molecular complexity index is 571. The molecule has 0 aromatic carbocycles. The largest absolute Gasteiger partial charge is 0.467 e. The number of nitrogens with one attached hydrogen (secondary N) is 1. The fraction of sp³-hybridized carbons (Fsp3) is 0.333. The van der Waals surface area contributed by atoms with Crippen molar-refractivity contribution in [1.29, 1.82) is 0 Å². The van der Waals surface area contributed by atoms with Crippen LogP contribution in [0, 0.1) is 5.92 Å². The van der Waals surface area contributed by atoms with Crippen LogP contribution in [0.5, 0.6) is 0 Å². The summed E-state index contributed by atoms with van der Waals surface area (Å²) in [6.45, 7) is 3.84. The van der Waals surface area contributed by atoms with Gasteiger partial charge in [0.2, 0.25) is 5.76 Å². The Hall–Kier alpha value is -2.50. The van der Waals surface area contributed by atoms with Crippen molar-refractivity contribution in [2.75, 3.05) is 0 Å². The van der Waals surface area contributed by atoms with Crippen molar-refractivity contribution in [1.82, 2.24) is 5.32 Å². The van der Waals surface area contributed by atoms with Gasteiger partial charge in [-0.05, 0) is 30.2 Å². The summed E-state index contributed by atoms with van der Waals surface area (Å²) in [5.41, 5.74) is 0. The van der Waals surface area contributed by atoms with Crippen LogP contribution in [0.1, 0.15) is 30.2 Å². The van der Waals surface area contributed by atoms with Crippen LogP contribution in [0.25, 0.3) is 0 Å². The van der Waals surface area contributed by atoms with Gasteiger partial charge in [-0.25, -0.2) is 4.79 Å². The summed E-state index contributed by atoms with van der Waals surface area (Å²) >= 11 is 0. The Balaban J connectivity index is 1.94. The summed E-state index contributed by atoms with van der Waals surface area (Å²) in [5, 5.41) is 2.68. The van der Waals surface area contributed by atoms with Crippen molar-refractivity contribution in [3.63, 3.8) is 0 Å². The van der Waals surface area contributed by atoms with Crippen LogP contribution >= 0.6 is 0 Å². The molecule has 21 heavy (non-hydrogen) atoms. The van der Waals surface area contributed by atoms with Gasteiger partial charge < -0.3 is 18.9 Å². The molecule has 0 saturated carbocycles. The van der Waals surface area contributed by atoms with E-state index < -0.39 is 12.1 Å². The highest BCUT2D eigenvalue weighted by Gasteiger charge is 2.27. The maximum absolute atomic E-state index is 12.1. The highest BCUT2D eigenvalue weighted by molar-refractivity contribution is 5.90. The van der Waals surface area contributed by atoms with E-state index >= 15 is 0 Å². The van der Waals surface area contributed by atoms with E-state index in [9.17, 15) is 9.59 Å². The van der Waals surface area contributed by atoms with Gasteiger partial charge in [0.1, 0.15) is 5.76 Å². The lowest BCUT2D eigenvalue weighted by Gasteiger charge is -2.19. The van der Waals surface area contributed by atoms with E-state index in [4.69, 9.17) is 13.6 Å². The maximum Gasteiger partial charge on any atom is 0.375 e. The molecular weight excluding hydrogens is 274 g/mol. The average Bonchev–Trinajstić information content (AvgIpc) is 3.13. The molecule has 0 radical (unpaired) electrons. The molecular formula is C15H17NO5. The smallest absolute Gasteiger partial charge is 0.375 e. The molecule has 2 aromatic heterocycles. The van der Waals surface area contributed by atoms with Crippen LogP contribution in [0.3, 0.4) is 0 Å². The molecule has 0 aliphatic heterocycles. The van der Waals surface area contributed by atoms with E-state index in [-0.39, 0.29) is 24.1 Å². The number of amides is 1. The number of ether oxygens (including phenoxy) is 1. The Labute approximate surface area is 122 Å². The summed E-state index contributed by atoms with van der Waals surface area (Å²) < 4.78 is 15.3. The van der Waals surface area contributed by atoms with E-state index in [0.717, 1.165) is 0 Å². The Kier molecular flexibility index (Phi) is 4.81. The molecule has 112 valence electrons. The number of hydrogen-bond donors (Lipinski definition) is 1. The van der Waals surface area contributed by atoms with Crippen molar-refractivity contribution in [3.8, 4) is 0 Å². The lowest BCUT2D eigenvalue weighted by molar-refractivity contribution is -0.132. The first-order valence-corrected chi connectivity index (χ1v) is 6.62. The van der Waals surface area contributed by atoms with E-state index in [1.54, 1.807) is 32.0 Å². The third kappa shape index (κ3) is 3.98. The highest BCUT2D eigenvalue weighted by atomic mass is 16.6. The minimum absolute atomic E-state index is 0.0690. The van der Waals surface area contributed by atoms with Gasteiger partial charge in [0.05, 0.1) is 19.1 Å². The molecule has 0 unspecified atom stereocenters. The van der Waals surface area contributed by atoms with Crippen LogP contribution in [-0.2, 0) is 16.1 Å². The van der Waals surface area contributed by atoms with Crippen LogP contribution in [0.4, 0.5) is 0 Å². The molecule has 1 N–H and O–H groups in total. The number of hydrogen-bond acceptors (Lipinski definition) is 5. The third-order valence-corrected chi connectivity index (χ3v) is 2.84. The van der Waals surface area contributed by atoms with Gasteiger partial charge in [0, 0.05) is 0 Å². The topological polar surface area (TPSA) is 81.7 Å². The van der Waals surface area contributed by atoms with Crippen molar-refractivity contribution >= 4 is 11.9 Å². The second kappa shape index (κ2) is 6.78. The predicted molar refractivity (Wildman–Crippen MR) is 73.3 cm³/mol. The van der Waals surface area contributed by atoms with Gasteiger partial charge in [-0.15, -0.1) is 0 Å². The fourth-order valence-corrected chi connectivity index (χ4v) is 1.75. The molecule has 0 bridgehead atoms. The first-order chi connectivity index (χ1) is 10.1. The molecule has 0 saturated heterocycles. The van der Waals surface area contributed by atoms with Gasteiger partial charge >= 0.3 is 5.97 Å². The molecule has 2 aromatic rings. The number of carbonyl (C=O) groups excluding carboxylic acids is 2. The normalized spacial score (nSPS) is 12.1. The van der Waals surface area contributed by atoms with E-state index in [0.29, 0.717) is 5.76 Å². The Morgan fingerprint density at radius 2 is 1.90 bits per heavy atom.